The van der Waals surface area contributed by atoms with Crippen LogP contribution in [0.4, 0.5) is 4.39 Å². The summed E-state index contributed by atoms with van der Waals surface area (Å²) in [6.45, 7) is 3.78. The molecule has 0 aliphatic rings. The van der Waals surface area contributed by atoms with Gasteiger partial charge < -0.3 is 4.40 Å². The molecule has 0 aliphatic heterocycles. The molecule has 3 heteroatoms. The van der Waals surface area contributed by atoms with E-state index in [4.69, 9.17) is 0 Å². The quantitative estimate of drug-likeness (QED) is 0.633. The fraction of sp³-hybridized carbons (Fsp3) is 0.133. The SMILES string of the molecule is Cc1ccn2cc(-c3ccc(C)c(F)c3)nc2c1. The Morgan fingerprint density at radius 2 is 1.94 bits per heavy atom. The van der Waals surface area contributed by atoms with E-state index in [0.29, 0.717) is 5.56 Å². The molecule has 3 aromatic rings. The van der Waals surface area contributed by atoms with Crippen LogP contribution in [0.5, 0.6) is 0 Å². The Kier molecular flexibility index (Phi) is 2.40. The third-order valence-corrected chi connectivity index (χ3v) is 3.08. The molecule has 0 amide bonds. The van der Waals surface area contributed by atoms with Crippen molar-refractivity contribution in [1.29, 1.82) is 0 Å². The number of halogens is 1. The smallest absolute Gasteiger partial charge is 0.137 e. The van der Waals surface area contributed by atoms with Crippen LogP contribution in [0, 0.1) is 19.7 Å². The second-order valence-electron chi connectivity index (χ2n) is 4.56. The van der Waals surface area contributed by atoms with Crippen LogP contribution in [0.1, 0.15) is 11.1 Å². The number of aromatic nitrogens is 2. The first kappa shape index (κ1) is 11.0. The summed E-state index contributed by atoms with van der Waals surface area (Å²) in [5.74, 6) is -0.194. The highest BCUT2D eigenvalue weighted by molar-refractivity contribution is 5.63. The minimum atomic E-state index is -0.194. The van der Waals surface area contributed by atoms with Crippen molar-refractivity contribution < 1.29 is 4.39 Å². The van der Waals surface area contributed by atoms with Crippen LogP contribution >= 0.6 is 0 Å². The van der Waals surface area contributed by atoms with Gasteiger partial charge in [0.05, 0.1) is 5.69 Å². The zero-order valence-corrected chi connectivity index (χ0v) is 10.3. The number of pyridine rings is 1. The molecule has 0 spiro atoms. The Labute approximate surface area is 105 Å². The number of rotatable bonds is 1. The third kappa shape index (κ3) is 1.78. The first-order valence-corrected chi connectivity index (χ1v) is 5.85. The van der Waals surface area contributed by atoms with Crippen molar-refractivity contribution >= 4 is 5.65 Å². The van der Waals surface area contributed by atoms with Gasteiger partial charge in [0.1, 0.15) is 11.5 Å². The summed E-state index contributed by atoms with van der Waals surface area (Å²) in [6.07, 6.45) is 3.88. The molecule has 0 atom stereocenters. The monoisotopic (exact) mass is 240 g/mol. The lowest BCUT2D eigenvalue weighted by atomic mass is 10.1. The van der Waals surface area contributed by atoms with E-state index in [1.54, 1.807) is 13.0 Å². The Morgan fingerprint density at radius 1 is 1.11 bits per heavy atom. The third-order valence-electron chi connectivity index (χ3n) is 3.08. The van der Waals surface area contributed by atoms with Gasteiger partial charge in [-0.1, -0.05) is 12.1 Å². The van der Waals surface area contributed by atoms with Crippen molar-refractivity contribution in [2.75, 3.05) is 0 Å². The molecule has 0 saturated heterocycles. The Balaban J connectivity index is 2.16. The van der Waals surface area contributed by atoms with E-state index < -0.39 is 0 Å². The van der Waals surface area contributed by atoms with Gasteiger partial charge in [-0.2, -0.15) is 0 Å². The summed E-state index contributed by atoms with van der Waals surface area (Å²) in [4.78, 5) is 4.51. The van der Waals surface area contributed by atoms with Gasteiger partial charge in [-0.05, 0) is 43.2 Å². The van der Waals surface area contributed by atoms with Crippen LogP contribution in [0.25, 0.3) is 16.9 Å². The van der Waals surface area contributed by atoms with Crippen LogP contribution in [0.3, 0.4) is 0 Å². The molecule has 0 fully saturated rings. The maximum Gasteiger partial charge on any atom is 0.137 e. The predicted molar refractivity (Wildman–Crippen MR) is 70.1 cm³/mol. The lowest BCUT2D eigenvalue weighted by molar-refractivity contribution is 0.619. The van der Waals surface area contributed by atoms with Crippen LogP contribution in [-0.2, 0) is 0 Å². The first-order valence-electron chi connectivity index (χ1n) is 5.85. The highest BCUT2D eigenvalue weighted by Crippen LogP contribution is 2.21. The Morgan fingerprint density at radius 3 is 2.72 bits per heavy atom. The summed E-state index contributed by atoms with van der Waals surface area (Å²) in [5.41, 5.74) is 4.29. The van der Waals surface area contributed by atoms with E-state index in [1.807, 2.05) is 41.9 Å². The number of aryl methyl sites for hydroxylation is 2. The van der Waals surface area contributed by atoms with Crippen LogP contribution in [0.15, 0.2) is 42.7 Å². The lowest BCUT2D eigenvalue weighted by Crippen LogP contribution is -1.84. The summed E-state index contributed by atoms with van der Waals surface area (Å²) < 4.78 is 15.5. The maximum absolute atomic E-state index is 13.5. The van der Waals surface area contributed by atoms with Crippen molar-refractivity contribution in [2.24, 2.45) is 0 Å². The molecule has 90 valence electrons. The minimum absolute atomic E-state index is 0.194. The van der Waals surface area contributed by atoms with Crippen molar-refractivity contribution in [3.8, 4) is 11.3 Å². The van der Waals surface area contributed by atoms with E-state index in [9.17, 15) is 4.39 Å². The topological polar surface area (TPSA) is 17.3 Å². The molecule has 3 rings (SSSR count). The fourth-order valence-corrected chi connectivity index (χ4v) is 1.97. The van der Waals surface area contributed by atoms with Crippen molar-refractivity contribution in [1.82, 2.24) is 9.38 Å². The zero-order valence-electron chi connectivity index (χ0n) is 10.3. The zero-order chi connectivity index (χ0) is 12.7. The molecular formula is C15H13FN2. The van der Waals surface area contributed by atoms with E-state index >= 15 is 0 Å². The Hall–Kier alpha value is -2.16. The number of fused-ring (bicyclic) bond motifs is 1. The molecule has 1 aromatic carbocycles. The molecule has 0 N–H and O–H groups in total. The van der Waals surface area contributed by atoms with E-state index in [-0.39, 0.29) is 5.82 Å². The number of hydrogen-bond donors (Lipinski definition) is 0. The molecule has 2 nitrogen and oxygen atoms in total. The van der Waals surface area contributed by atoms with Gasteiger partial charge in [0.25, 0.3) is 0 Å². The first-order chi connectivity index (χ1) is 8.63. The summed E-state index contributed by atoms with van der Waals surface area (Å²) in [5, 5.41) is 0. The number of benzene rings is 1. The summed E-state index contributed by atoms with van der Waals surface area (Å²) in [7, 11) is 0. The van der Waals surface area contributed by atoms with Crippen molar-refractivity contribution in [3.05, 3.63) is 59.7 Å². The molecule has 0 saturated carbocycles. The molecule has 2 heterocycles. The van der Waals surface area contributed by atoms with Gasteiger partial charge in [-0.3, -0.25) is 0 Å². The minimum Gasteiger partial charge on any atom is -0.306 e. The van der Waals surface area contributed by atoms with Gasteiger partial charge in [0.2, 0.25) is 0 Å². The van der Waals surface area contributed by atoms with Crippen molar-refractivity contribution in [3.63, 3.8) is 0 Å². The second-order valence-corrected chi connectivity index (χ2v) is 4.56. The standard InChI is InChI=1S/C15H13FN2/c1-10-5-6-18-9-14(17-15(18)7-10)12-4-3-11(2)13(16)8-12/h3-9H,1-2H3. The highest BCUT2D eigenvalue weighted by Gasteiger charge is 2.06. The van der Waals surface area contributed by atoms with Gasteiger partial charge in [0, 0.05) is 18.0 Å². The number of hydrogen-bond acceptors (Lipinski definition) is 1. The molecule has 0 radical (unpaired) electrons. The van der Waals surface area contributed by atoms with Gasteiger partial charge in [0.15, 0.2) is 0 Å². The Bertz CT molecular complexity index is 728. The highest BCUT2D eigenvalue weighted by atomic mass is 19.1. The average molecular weight is 240 g/mol. The van der Waals surface area contributed by atoms with Gasteiger partial charge in [-0.25, -0.2) is 9.37 Å². The summed E-state index contributed by atoms with van der Waals surface area (Å²) >= 11 is 0. The van der Waals surface area contributed by atoms with E-state index in [1.165, 1.54) is 6.07 Å². The van der Waals surface area contributed by atoms with Crippen LogP contribution in [-0.4, -0.2) is 9.38 Å². The molecular weight excluding hydrogens is 227 g/mol. The van der Waals surface area contributed by atoms with Crippen LogP contribution < -0.4 is 0 Å². The predicted octanol–water partition coefficient (Wildman–Crippen LogP) is 3.76. The molecule has 18 heavy (non-hydrogen) atoms. The fourth-order valence-electron chi connectivity index (χ4n) is 1.97. The molecule has 0 unspecified atom stereocenters. The van der Waals surface area contributed by atoms with Gasteiger partial charge in [-0.15, -0.1) is 0 Å². The van der Waals surface area contributed by atoms with E-state index in [2.05, 4.69) is 4.98 Å². The van der Waals surface area contributed by atoms with Crippen molar-refractivity contribution in [2.45, 2.75) is 13.8 Å². The van der Waals surface area contributed by atoms with Crippen LogP contribution in [0.2, 0.25) is 0 Å². The number of imidazole rings is 1. The largest absolute Gasteiger partial charge is 0.306 e. The maximum atomic E-state index is 13.5. The molecule has 0 aliphatic carbocycles. The molecule has 0 bridgehead atoms. The summed E-state index contributed by atoms with van der Waals surface area (Å²) in [6, 6.07) is 9.24. The normalized spacial score (nSPS) is 11.1. The van der Waals surface area contributed by atoms with Gasteiger partial charge >= 0.3 is 0 Å². The molecule has 2 aromatic heterocycles. The van der Waals surface area contributed by atoms with E-state index in [0.717, 1.165) is 22.5 Å². The lowest BCUT2D eigenvalue weighted by Gasteiger charge is -1.99. The average Bonchev–Trinajstić information content (AvgIpc) is 2.75. The number of nitrogens with zero attached hydrogens (tertiary/aromatic N) is 2. The second kappa shape index (κ2) is 3.95.